The number of anilines is 1. The molecule has 17 heavy (non-hydrogen) atoms. The molecular weight excluding hydrogens is 234 g/mol. The highest BCUT2D eigenvalue weighted by molar-refractivity contribution is 7.98. The molecule has 0 radical (unpaired) electrons. The molecule has 0 aliphatic carbocycles. The summed E-state index contributed by atoms with van der Waals surface area (Å²) in [5.41, 5.74) is 0. The van der Waals surface area contributed by atoms with Gasteiger partial charge < -0.3 is 10.1 Å². The summed E-state index contributed by atoms with van der Waals surface area (Å²) in [4.78, 5) is 8.28. The van der Waals surface area contributed by atoms with Crippen LogP contribution in [-0.2, 0) is 0 Å². The lowest BCUT2D eigenvalue weighted by atomic mass is 10.2. The van der Waals surface area contributed by atoms with Crippen LogP contribution < -0.4 is 10.1 Å². The second-order valence-corrected chi connectivity index (χ2v) is 4.71. The van der Waals surface area contributed by atoms with Gasteiger partial charge in [0, 0.05) is 17.9 Å². The van der Waals surface area contributed by atoms with Crippen molar-refractivity contribution >= 4 is 17.6 Å². The van der Waals surface area contributed by atoms with Gasteiger partial charge in [-0.15, -0.1) is 0 Å². The third-order valence-electron chi connectivity index (χ3n) is 2.31. The molecule has 1 aromatic rings. The second kappa shape index (κ2) is 8.17. The molecule has 1 rings (SSSR count). The average Bonchev–Trinajstić information content (AvgIpc) is 2.36. The van der Waals surface area contributed by atoms with E-state index in [0.29, 0.717) is 18.5 Å². The van der Waals surface area contributed by atoms with E-state index in [0.717, 1.165) is 24.4 Å². The summed E-state index contributed by atoms with van der Waals surface area (Å²) in [6.07, 6.45) is 5.71. The predicted molar refractivity (Wildman–Crippen MR) is 73.9 cm³/mol. The molecule has 0 bridgehead atoms. The standard InChI is InChI=1S/C12H21N3OS/c1-4-6-16-12-7-11(13-9-14-12)15-10(5-2)8-17-3/h7,9-10H,4-6,8H2,1-3H3,(H,13,14,15). The fourth-order valence-electron chi connectivity index (χ4n) is 1.38. The van der Waals surface area contributed by atoms with Gasteiger partial charge in [0.05, 0.1) is 6.61 Å². The molecule has 0 saturated heterocycles. The van der Waals surface area contributed by atoms with Crippen molar-refractivity contribution in [3.8, 4) is 5.88 Å². The predicted octanol–water partition coefficient (Wildman–Crippen LogP) is 2.82. The van der Waals surface area contributed by atoms with Gasteiger partial charge in [-0.2, -0.15) is 11.8 Å². The highest BCUT2D eigenvalue weighted by Crippen LogP contribution is 2.14. The van der Waals surface area contributed by atoms with Gasteiger partial charge in [0.1, 0.15) is 12.1 Å². The number of nitrogens with zero attached hydrogens (tertiary/aromatic N) is 2. The van der Waals surface area contributed by atoms with Crippen LogP contribution in [0, 0.1) is 0 Å². The van der Waals surface area contributed by atoms with Crippen LogP contribution in [0.1, 0.15) is 26.7 Å². The molecule has 1 atom stereocenters. The third kappa shape index (κ3) is 5.26. The van der Waals surface area contributed by atoms with Crippen LogP contribution in [0.5, 0.6) is 5.88 Å². The van der Waals surface area contributed by atoms with Gasteiger partial charge >= 0.3 is 0 Å². The van der Waals surface area contributed by atoms with E-state index in [-0.39, 0.29) is 0 Å². The monoisotopic (exact) mass is 255 g/mol. The Morgan fingerprint density at radius 2 is 2.24 bits per heavy atom. The SMILES string of the molecule is CCCOc1cc(NC(CC)CSC)ncn1. The number of nitrogens with one attached hydrogen (secondary N) is 1. The number of hydrogen-bond donors (Lipinski definition) is 1. The molecule has 0 amide bonds. The molecule has 1 heterocycles. The van der Waals surface area contributed by atoms with Crippen molar-refractivity contribution in [2.45, 2.75) is 32.7 Å². The summed E-state index contributed by atoms with van der Waals surface area (Å²) in [5.74, 6) is 2.56. The Balaban J connectivity index is 2.57. The molecule has 4 nitrogen and oxygen atoms in total. The summed E-state index contributed by atoms with van der Waals surface area (Å²) in [6, 6.07) is 2.30. The zero-order valence-electron chi connectivity index (χ0n) is 10.8. The van der Waals surface area contributed by atoms with E-state index in [1.165, 1.54) is 0 Å². The first-order valence-corrected chi connectivity index (χ1v) is 7.39. The number of rotatable bonds is 8. The smallest absolute Gasteiger partial charge is 0.218 e. The molecular formula is C12H21N3OS. The van der Waals surface area contributed by atoms with Crippen molar-refractivity contribution < 1.29 is 4.74 Å². The zero-order chi connectivity index (χ0) is 12.5. The van der Waals surface area contributed by atoms with E-state index in [1.807, 2.05) is 17.8 Å². The van der Waals surface area contributed by atoms with E-state index >= 15 is 0 Å². The number of aromatic nitrogens is 2. The quantitative estimate of drug-likeness (QED) is 0.774. The van der Waals surface area contributed by atoms with Gasteiger partial charge in [-0.3, -0.25) is 0 Å². The van der Waals surface area contributed by atoms with Gasteiger partial charge in [-0.1, -0.05) is 13.8 Å². The Bertz CT molecular complexity index is 322. The number of hydrogen-bond acceptors (Lipinski definition) is 5. The van der Waals surface area contributed by atoms with E-state index in [2.05, 4.69) is 35.4 Å². The maximum absolute atomic E-state index is 5.47. The van der Waals surface area contributed by atoms with Gasteiger partial charge in [0.2, 0.25) is 5.88 Å². The Kier molecular flexibility index (Phi) is 6.77. The zero-order valence-corrected chi connectivity index (χ0v) is 11.6. The molecule has 1 unspecified atom stereocenters. The Labute approximate surface area is 108 Å². The Morgan fingerprint density at radius 1 is 1.41 bits per heavy atom. The van der Waals surface area contributed by atoms with Crippen molar-refractivity contribution in [3.63, 3.8) is 0 Å². The molecule has 0 aliphatic heterocycles. The van der Waals surface area contributed by atoms with Crippen LogP contribution in [-0.4, -0.2) is 34.6 Å². The highest BCUT2D eigenvalue weighted by Gasteiger charge is 2.07. The fourth-order valence-corrected chi connectivity index (χ4v) is 2.10. The third-order valence-corrected chi connectivity index (χ3v) is 3.04. The van der Waals surface area contributed by atoms with Crippen molar-refractivity contribution in [1.29, 1.82) is 0 Å². The number of thioether (sulfide) groups is 1. The molecule has 0 fully saturated rings. The molecule has 0 aromatic carbocycles. The lowest BCUT2D eigenvalue weighted by molar-refractivity contribution is 0.305. The summed E-state index contributed by atoms with van der Waals surface area (Å²) < 4.78 is 5.47. The first kappa shape index (κ1) is 14.1. The highest BCUT2D eigenvalue weighted by atomic mass is 32.2. The van der Waals surface area contributed by atoms with E-state index in [1.54, 1.807) is 6.33 Å². The molecule has 1 N–H and O–H groups in total. The molecule has 0 saturated carbocycles. The largest absolute Gasteiger partial charge is 0.478 e. The Morgan fingerprint density at radius 3 is 2.88 bits per heavy atom. The van der Waals surface area contributed by atoms with Crippen molar-refractivity contribution in [2.24, 2.45) is 0 Å². The van der Waals surface area contributed by atoms with Crippen LogP contribution in [0.15, 0.2) is 12.4 Å². The van der Waals surface area contributed by atoms with Crippen LogP contribution in [0.4, 0.5) is 5.82 Å². The van der Waals surface area contributed by atoms with Gasteiger partial charge in [0.25, 0.3) is 0 Å². The van der Waals surface area contributed by atoms with E-state index < -0.39 is 0 Å². The summed E-state index contributed by atoms with van der Waals surface area (Å²) >= 11 is 1.83. The van der Waals surface area contributed by atoms with Crippen LogP contribution in [0.3, 0.4) is 0 Å². The molecule has 5 heteroatoms. The second-order valence-electron chi connectivity index (χ2n) is 3.79. The minimum absolute atomic E-state index is 0.443. The first-order valence-electron chi connectivity index (χ1n) is 6.00. The van der Waals surface area contributed by atoms with Gasteiger partial charge in [-0.05, 0) is 19.1 Å². The van der Waals surface area contributed by atoms with Gasteiger partial charge in [0.15, 0.2) is 0 Å². The average molecular weight is 255 g/mol. The minimum Gasteiger partial charge on any atom is -0.478 e. The fraction of sp³-hybridized carbons (Fsp3) is 0.667. The molecule has 1 aromatic heterocycles. The van der Waals surface area contributed by atoms with Crippen molar-refractivity contribution in [2.75, 3.05) is 23.9 Å². The Hall–Kier alpha value is -0.970. The number of ether oxygens (including phenoxy) is 1. The molecule has 0 aliphatic rings. The van der Waals surface area contributed by atoms with Crippen molar-refractivity contribution in [1.82, 2.24) is 9.97 Å². The van der Waals surface area contributed by atoms with Crippen LogP contribution >= 0.6 is 11.8 Å². The van der Waals surface area contributed by atoms with E-state index in [4.69, 9.17) is 4.74 Å². The maximum Gasteiger partial charge on any atom is 0.218 e. The lowest BCUT2D eigenvalue weighted by Gasteiger charge is -2.16. The van der Waals surface area contributed by atoms with Crippen LogP contribution in [0.2, 0.25) is 0 Å². The minimum atomic E-state index is 0.443. The summed E-state index contributed by atoms with van der Waals surface area (Å²) in [5, 5.41) is 3.39. The first-order chi connectivity index (χ1) is 8.30. The van der Waals surface area contributed by atoms with Crippen LogP contribution in [0.25, 0.3) is 0 Å². The van der Waals surface area contributed by atoms with Gasteiger partial charge in [-0.25, -0.2) is 9.97 Å². The van der Waals surface area contributed by atoms with Crippen molar-refractivity contribution in [3.05, 3.63) is 12.4 Å². The molecule has 96 valence electrons. The topological polar surface area (TPSA) is 47.0 Å². The van der Waals surface area contributed by atoms with E-state index in [9.17, 15) is 0 Å². The molecule has 0 spiro atoms. The summed E-state index contributed by atoms with van der Waals surface area (Å²) in [7, 11) is 0. The summed E-state index contributed by atoms with van der Waals surface area (Å²) in [6.45, 7) is 4.94. The lowest BCUT2D eigenvalue weighted by Crippen LogP contribution is -2.21. The normalized spacial score (nSPS) is 12.2. The maximum atomic E-state index is 5.47.